The number of imide groups is 1. The first kappa shape index (κ1) is 9.60. The number of carbonyl (C=O) groups excluding carboxylic acids is 2. The number of anilines is 1. The van der Waals surface area contributed by atoms with Crippen molar-refractivity contribution in [1.82, 2.24) is 5.32 Å². The molecule has 0 fully saturated rings. The van der Waals surface area contributed by atoms with Crippen LogP contribution in [0.4, 0.5) is 5.69 Å². The molecule has 2 rings (SSSR count). The topological polar surface area (TPSA) is 84.2 Å². The third kappa shape index (κ3) is 1.66. The van der Waals surface area contributed by atoms with E-state index in [0.717, 1.165) is 0 Å². The molecule has 6 heteroatoms. The van der Waals surface area contributed by atoms with Gasteiger partial charge in [0.15, 0.2) is 5.11 Å². The smallest absolute Gasteiger partial charge is 0.259 e. The van der Waals surface area contributed by atoms with E-state index in [0.29, 0.717) is 16.8 Å². The predicted octanol–water partition coefficient (Wildman–Crippen LogP) is 0.226. The molecule has 0 aromatic heterocycles. The van der Waals surface area contributed by atoms with Gasteiger partial charge in [-0.2, -0.15) is 0 Å². The van der Waals surface area contributed by atoms with Gasteiger partial charge < -0.3 is 11.1 Å². The van der Waals surface area contributed by atoms with Crippen LogP contribution in [0, 0.1) is 0 Å². The lowest BCUT2D eigenvalue weighted by atomic mass is 10.1. The van der Waals surface area contributed by atoms with Gasteiger partial charge in [0.1, 0.15) is 0 Å². The number of thiocarbonyl (C=S) groups is 1. The number of nitrogens with two attached hydrogens (primary N) is 1. The van der Waals surface area contributed by atoms with Crippen LogP contribution in [0.5, 0.6) is 0 Å². The Balaban J connectivity index is 2.42. The van der Waals surface area contributed by atoms with E-state index in [9.17, 15) is 9.59 Å². The Labute approximate surface area is 90.6 Å². The summed E-state index contributed by atoms with van der Waals surface area (Å²) in [6.07, 6.45) is 0. The molecule has 1 heterocycles. The zero-order valence-electron chi connectivity index (χ0n) is 7.53. The van der Waals surface area contributed by atoms with Crippen LogP contribution in [-0.4, -0.2) is 16.9 Å². The zero-order valence-corrected chi connectivity index (χ0v) is 8.35. The second-order valence-electron chi connectivity index (χ2n) is 3.03. The van der Waals surface area contributed by atoms with Gasteiger partial charge >= 0.3 is 0 Å². The predicted molar refractivity (Wildman–Crippen MR) is 58.6 cm³/mol. The number of benzene rings is 1. The van der Waals surface area contributed by atoms with E-state index in [1.807, 2.05) is 0 Å². The van der Waals surface area contributed by atoms with E-state index >= 15 is 0 Å². The van der Waals surface area contributed by atoms with Crippen molar-refractivity contribution in [3.63, 3.8) is 0 Å². The van der Waals surface area contributed by atoms with E-state index in [4.69, 9.17) is 5.73 Å². The molecule has 0 spiro atoms. The van der Waals surface area contributed by atoms with Crippen LogP contribution in [0.25, 0.3) is 0 Å². The average molecular weight is 221 g/mol. The Kier molecular flexibility index (Phi) is 2.12. The molecule has 0 atom stereocenters. The lowest BCUT2D eigenvalue weighted by Crippen LogP contribution is -2.20. The van der Waals surface area contributed by atoms with Gasteiger partial charge in [0.05, 0.1) is 11.1 Å². The van der Waals surface area contributed by atoms with Crippen molar-refractivity contribution in [2.45, 2.75) is 0 Å². The maximum absolute atomic E-state index is 11.3. The molecule has 15 heavy (non-hydrogen) atoms. The highest BCUT2D eigenvalue weighted by Crippen LogP contribution is 2.19. The molecule has 1 aromatic rings. The minimum atomic E-state index is -0.401. The van der Waals surface area contributed by atoms with Crippen LogP contribution in [0.3, 0.4) is 0 Å². The van der Waals surface area contributed by atoms with Crippen molar-refractivity contribution in [1.29, 1.82) is 0 Å². The fourth-order valence-corrected chi connectivity index (χ4v) is 1.51. The number of carbonyl (C=O) groups is 2. The van der Waals surface area contributed by atoms with Crippen LogP contribution in [0.15, 0.2) is 18.2 Å². The summed E-state index contributed by atoms with van der Waals surface area (Å²) in [4.78, 5) is 22.5. The number of nitrogens with one attached hydrogen (secondary N) is 2. The summed E-state index contributed by atoms with van der Waals surface area (Å²) in [5.74, 6) is -0.779. The first-order valence-electron chi connectivity index (χ1n) is 4.14. The highest BCUT2D eigenvalue weighted by atomic mass is 32.1. The fraction of sp³-hybridized carbons (Fsp3) is 0. The first-order chi connectivity index (χ1) is 7.08. The molecular formula is C9H7N3O2S. The maximum Gasteiger partial charge on any atom is 0.259 e. The average Bonchev–Trinajstić information content (AvgIpc) is 2.41. The SMILES string of the molecule is NC(=S)Nc1ccc2c(c1)C(=O)NC2=O. The zero-order chi connectivity index (χ0) is 11.0. The van der Waals surface area contributed by atoms with Crippen molar-refractivity contribution in [3.8, 4) is 0 Å². The monoisotopic (exact) mass is 221 g/mol. The van der Waals surface area contributed by atoms with Gasteiger partial charge in [0.2, 0.25) is 0 Å². The minimum Gasteiger partial charge on any atom is -0.376 e. The van der Waals surface area contributed by atoms with E-state index in [-0.39, 0.29) is 11.0 Å². The fourth-order valence-electron chi connectivity index (χ4n) is 1.39. The summed E-state index contributed by atoms with van der Waals surface area (Å²) >= 11 is 4.66. The third-order valence-corrected chi connectivity index (χ3v) is 2.11. The largest absolute Gasteiger partial charge is 0.376 e. The molecule has 0 saturated heterocycles. The van der Waals surface area contributed by atoms with E-state index in [1.165, 1.54) is 6.07 Å². The van der Waals surface area contributed by atoms with Gasteiger partial charge in [-0.15, -0.1) is 0 Å². The third-order valence-electron chi connectivity index (χ3n) is 2.00. The normalized spacial score (nSPS) is 13.3. The lowest BCUT2D eigenvalue weighted by molar-refractivity contribution is 0.0879. The van der Waals surface area contributed by atoms with Crippen LogP contribution in [0.1, 0.15) is 20.7 Å². The molecule has 4 N–H and O–H groups in total. The molecule has 1 aliphatic rings. The summed E-state index contributed by atoms with van der Waals surface area (Å²) in [5.41, 5.74) is 6.58. The van der Waals surface area contributed by atoms with Crippen LogP contribution in [0.2, 0.25) is 0 Å². The number of amides is 2. The molecule has 0 aliphatic carbocycles. The number of hydrogen-bond acceptors (Lipinski definition) is 3. The molecule has 1 aromatic carbocycles. The summed E-state index contributed by atoms with van der Waals surface area (Å²) in [7, 11) is 0. The molecule has 0 bridgehead atoms. The number of rotatable bonds is 1. The number of hydrogen-bond donors (Lipinski definition) is 3. The van der Waals surface area contributed by atoms with Crippen LogP contribution in [-0.2, 0) is 0 Å². The Bertz CT molecular complexity index is 484. The summed E-state index contributed by atoms with van der Waals surface area (Å²) in [6, 6.07) is 4.72. The van der Waals surface area contributed by atoms with Crippen molar-refractivity contribution in [2.24, 2.45) is 5.73 Å². The Morgan fingerprint density at radius 3 is 2.60 bits per heavy atom. The van der Waals surface area contributed by atoms with Gasteiger partial charge in [-0.25, -0.2) is 0 Å². The van der Waals surface area contributed by atoms with Gasteiger partial charge in [-0.3, -0.25) is 14.9 Å². The lowest BCUT2D eigenvalue weighted by Gasteiger charge is -2.03. The molecular weight excluding hydrogens is 214 g/mol. The highest BCUT2D eigenvalue weighted by molar-refractivity contribution is 7.80. The Morgan fingerprint density at radius 2 is 1.93 bits per heavy atom. The van der Waals surface area contributed by atoms with E-state index < -0.39 is 5.91 Å². The summed E-state index contributed by atoms with van der Waals surface area (Å²) in [5, 5.41) is 4.99. The number of fused-ring (bicyclic) bond motifs is 1. The van der Waals surface area contributed by atoms with Gasteiger partial charge in [-0.05, 0) is 30.4 Å². The van der Waals surface area contributed by atoms with E-state index in [1.54, 1.807) is 12.1 Å². The van der Waals surface area contributed by atoms with Gasteiger partial charge in [0.25, 0.3) is 11.8 Å². The maximum atomic E-state index is 11.3. The second kappa shape index (κ2) is 3.32. The molecule has 0 radical (unpaired) electrons. The van der Waals surface area contributed by atoms with Crippen LogP contribution < -0.4 is 16.4 Å². The molecule has 5 nitrogen and oxygen atoms in total. The van der Waals surface area contributed by atoms with Crippen molar-refractivity contribution in [3.05, 3.63) is 29.3 Å². The molecule has 0 saturated carbocycles. The quantitative estimate of drug-likeness (QED) is 0.467. The van der Waals surface area contributed by atoms with Crippen LogP contribution >= 0.6 is 12.2 Å². The Hall–Kier alpha value is -1.95. The van der Waals surface area contributed by atoms with E-state index in [2.05, 4.69) is 22.9 Å². The second-order valence-corrected chi connectivity index (χ2v) is 3.47. The Morgan fingerprint density at radius 1 is 1.27 bits per heavy atom. The van der Waals surface area contributed by atoms with Gasteiger partial charge in [-0.1, -0.05) is 0 Å². The molecule has 2 amide bonds. The van der Waals surface area contributed by atoms with Crippen molar-refractivity contribution in [2.75, 3.05) is 5.32 Å². The van der Waals surface area contributed by atoms with Gasteiger partial charge in [0, 0.05) is 5.69 Å². The molecule has 0 unspecified atom stereocenters. The highest BCUT2D eigenvalue weighted by Gasteiger charge is 2.26. The summed E-state index contributed by atoms with van der Waals surface area (Å²) < 4.78 is 0. The molecule has 1 aliphatic heterocycles. The van der Waals surface area contributed by atoms with Crippen molar-refractivity contribution < 1.29 is 9.59 Å². The standard InChI is InChI=1S/C9H7N3O2S/c10-9(15)11-4-1-2-5-6(3-4)8(14)12-7(5)13/h1-3H,(H3,10,11,15)(H,12,13,14). The minimum absolute atomic E-state index is 0.111. The van der Waals surface area contributed by atoms with Crippen molar-refractivity contribution >= 4 is 34.8 Å². The summed E-state index contributed by atoms with van der Waals surface area (Å²) in [6.45, 7) is 0. The first-order valence-corrected chi connectivity index (χ1v) is 4.55. The molecule has 76 valence electrons.